The quantitative estimate of drug-likeness (QED) is 0.634. The SMILES string of the molecule is N#Cc1c[nH]c(CC(N)=S)c1. The Morgan fingerprint density at radius 3 is 3.00 bits per heavy atom. The van der Waals surface area contributed by atoms with Crippen LogP contribution in [-0.2, 0) is 6.42 Å². The minimum Gasteiger partial charge on any atom is -0.393 e. The third kappa shape index (κ3) is 2.06. The molecule has 0 aliphatic rings. The Morgan fingerprint density at radius 1 is 1.82 bits per heavy atom. The van der Waals surface area contributed by atoms with Crippen LogP contribution in [-0.4, -0.2) is 9.97 Å². The molecule has 0 saturated carbocycles. The van der Waals surface area contributed by atoms with Gasteiger partial charge in [-0.15, -0.1) is 0 Å². The van der Waals surface area contributed by atoms with Crippen molar-refractivity contribution in [2.24, 2.45) is 5.73 Å². The summed E-state index contributed by atoms with van der Waals surface area (Å²) >= 11 is 4.70. The smallest absolute Gasteiger partial charge is 0.101 e. The molecule has 1 aromatic heterocycles. The van der Waals surface area contributed by atoms with E-state index in [0.717, 1.165) is 5.69 Å². The summed E-state index contributed by atoms with van der Waals surface area (Å²) in [4.78, 5) is 3.33. The van der Waals surface area contributed by atoms with Crippen LogP contribution in [0.25, 0.3) is 0 Å². The Hall–Kier alpha value is -1.34. The van der Waals surface area contributed by atoms with Gasteiger partial charge in [-0.2, -0.15) is 5.26 Å². The third-order valence-corrected chi connectivity index (χ3v) is 1.38. The Balaban J connectivity index is 2.75. The molecule has 0 saturated heterocycles. The Morgan fingerprint density at radius 2 is 2.55 bits per heavy atom. The molecule has 3 nitrogen and oxygen atoms in total. The van der Waals surface area contributed by atoms with E-state index < -0.39 is 0 Å². The van der Waals surface area contributed by atoms with Gasteiger partial charge in [0.2, 0.25) is 0 Å². The maximum Gasteiger partial charge on any atom is 0.101 e. The Bertz CT molecular complexity index is 308. The molecule has 56 valence electrons. The van der Waals surface area contributed by atoms with E-state index in [1.807, 2.05) is 6.07 Å². The first-order valence-corrected chi connectivity index (χ1v) is 3.49. The molecular formula is C7H7N3S. The summed E-state index contributed by atoms with van der Waals surface area (Å²) in [6.07, 6.45) is 2.16. The van der Waals surface area contributed by atoms with Gasteiger partial charge in [-0.25, -0.2) is 0 Å². The molecular weight excluding hydrogens is 158 g/mol. The maximum atomic E-state index is 8.45. The average Bonchev–Trinajstić information content (AvgIpc) is 2.34. The number of H-pyrrole nitrogens is 1. The Labute approximate surface area is 69.8 Å². The third-order valence-electron chi connectivity index (χ3n) is 1.24. The normalized spacial score (nSPS) is 9.00. The Kier molecular flexibility index (Phi) is 2.24. The van der Waals surface area contributed by atoms with Crippen molar-refractivity contribution < 1.29 is 0 Å². The van der Waals surface area contributed by atoms with Crippen molar-refractivity contribution in [1.82, 2.24) is 4.98 Å². The molecule has 3 N–H and O–H groups in total. The van der Waals surface area contributed by atoms with Crippen molar-refractivity contribution in [3.05, 3.63) is 23.5 Å². The van der Waals surface area contributed by atoms with E-state index in [1.165, 1.54) is 0 Å². The van der Waals surface area contributed by atoms with E-state index in [9.17, 15) is 0 Å². The van der Waals surface area contributed by atoms with E-state index in [1.54, 1.807) is 12.3 Å². The molecule has 0 spiro atoms. The van der Waals surface area contributed by atoms with Gasteiger partial charge >= 0.3 is 0 Å². The second-order valence-electron chi connectivity index (χ2n) is 2.17. The van der Waals surface area contributed by atoms with Crippen LogP contribution in [0.2, 0.25) is 0 Å². The van der Waals surface area contributed by atoms with Crippen LogP contribution >= 0.6 is 12.2 Å². The van der Waals surface area contributed by atoms with Gasteiger partial charge < -0.3 is 10.7 Å². The van der Waals surface area contributed by atoms with E-state index in [-0.39, 0.29) is 0 Å². The van der Waals surface area contributed by atoms with Crippen LogP contribution < -0.4 is 5.73 Å². The number of aromatic amines is 1. The van der Waals surface area contributed by atoms with E-state index in [4.69, 9.17) is 23.2 Å². The molecule has 1 rings (SSSR count). The number of thiocarbonyl (C=S) groups is 1. The molecule has 1 heterocycles. The molecule has 0 aliphatic heterocycles. The zero-order chi connectivity index (χ0) is 8.27. The zero-order valence-corrected chi connectivity index (χ0v) is 6.61. The lowest BCUT2D eigenvalue weighted by Gasteiger charge is -1.91. The van der Waals surface area contributed by atoms with Crippen molar-refractivity contribution >= 4 is 17.2 Å². The van der Waals surface area contributed by atoms with Gasteiger partial charge in [0.05, 0.1) is 10.6 Å². The van der Waals surface area contributed by atoms with Gasteiger partial charge in [0.15, 0.2) is 0 Å². The molecule has 0 aromatic carbocycles. The lowest BCUT2D eigenvalue weighted by Crippen LogP contribution is -2.10. The fourth-order valence-corrected chi connectivity index (χ4v) is 0.951. The average molecular weight is 165 g/mol. The molecule has 0 bridgehead atoms. The number of nitrogens with zero attached hydrogens (tertiary/aromatic N) is 1. The van der Waals surface area contributed by atoms with Crippen molar-refractivity contribution in [1.29, 1.82) is 5.26 Å². The predicted octanol–water partition coefficient (Wildman–Crippen LogP) is 0.715. The predicted molar refractivity (Wildman–Crippen MR) is 46.0 cm³/mol. The van der Waals surface area contributed by atoms with Crippen molar-refractivity contribution in [2.45, 2.75) is 6.42 Å². The minimum absolute atomic E-state index is 0.427. The summed E-state index contributed by atoms with van der Waals surface area (Å²) in [7, 11) is 0. The van der Waals surface area contributed by atoms with E-state index >= 15 is 0 Å². The highest BCUT2D eigenvalue weighted by atomic mass is 32.1. The second kappa shape index (κ2) is 3.17. The molecule has 0 aliphatic carbocycles. The van der Waals surface area contributed by atoms with Crippen molar-refractivity contribution in [3.8, 4) is 6.07 Å². The largest absolute Gasteiger partial charge is 0.393 e. The molecule has 0 radical (unpaired) electrons. The molecule has 0 atom stereocenters. The van der Waals surface area contributed by atoms with Crippen LogP contribution in [0.15, 0.2) is 12.3 Å². The molecule has 11 heavy (non-hydrogen) atoms. The van der Waals surface area contributed by atoms with Gasteiger partial charge in [0.25, 0.3) is 0 Å². The maximum absolute atomic E-state index is 8.45. The zero-order valence-electron chi connectivity index (χ0n) is 5.79. The topological polar surface area (TPSA) is 65.6 Å². The number of nitrogens with one attached hydrogen (secondary N) is 1. The highest BCUT2D eigenvalue weighted by molar-refractivity contribution is 7.80. The molecule has 0 amide bonds. The summed E-state index contributed by atoms with van der Waals surface area (Å²) in [6, 6.07) is 3.74. The molecule has 0 unspecified atom stereocenters. The number of hydrogen-bond donors (Lipinski definition) is 2. The minimum atomic E-state index is 0.427. The molecule has 1 aromatic rings. The van der Waals surface area contributed by atoms with Crippen LogP contribution in [0.5, 0.6) is 0 Å². The van der Waals surface area contributed by atoms with Gasteiger partial charge in [-0.1, -0.05) is 12.2 Å². The molecule has 4 heteroatoms. The van der Waals surface area contributed by atoms with Crippen LogP contribution in [0, 0.1) is 11.3 Å². The number of nitriles is 1. The standard InChI is InChI=1S/C7H7N3S/c8-3-5-1-6(10-4-5)2-7(9)11/h1,4,10H,2H2,(H2,9,11). The summed E-state index contributed by atoms with van der Waals surface area (Å²) in [6.45, 7) is 0. The van der Waals surface area contributed by atoms with Crippen molar-refractivity contribution in [3.63, 3.8) is 0 Å². The number of nitrogens with two attached hydrogens (primary N) is 1. The number of hydrogen-bond acceptors (Lipinski definition) is 2. The first-order chi connectivity index (χ1) is 5.22. The van der Waals surface area contributed by atoms with Crippen LogP contribution in [0.3, 0.4) is 0 Å². The molecule has 0 fully saturated rings. The fourth-order valence-electron chi connectivity index (χ4n) is 0.796. The second-order valence-corrected chi connectivity index (χ2v) is 2.69. The highest BCUT2D eigenvalue weighted by Crippen LogP contribution is 2.01. The first-order valence-electron chi connectivity index (χ1n) is 3.08. The van der Waals surface area contributed by atoms with Gasteiger partial charge in [-0.05, 0) is 6.07 Å². The number of aromatic nitrogens is 1. The summed E-state index contributed by atoms with van der Waals surface area (Å²) in [5, 5.41) is 8.45. The van der Waals surface area contributed by atoms with Gasteiger partial charge in [0, 0.05) is 18.3 Å². The van der Waals surface area contributed by atoms with Crippen LogP contribution in [0.1, 0.15) is 11.3 Å². The van der Waals surface area contributed by atoms with Crippen LogP contribution in [0.4, 0.5) is 0 Å². The van der Waals surface area contributed by atoms with Gasteiger partial charge in [-0.3, -0.25) is 0 Å². The lowest BCUT2D eigenvalue weighted by atomic mass is 10.3. The fraction of sp³-hybridized carbons (Fsp3) is 0.143. The monoisotopic (exact) mass is 165 g/mol. The summed E-state index contributed by atoms with van der Waals surface area (Å²) in [5.74, 6) is 0. The lowest BCUT2D eigenvalue weighted by molar-refractivity contribution is 1.19. The first kappa shape index (κ1) is 7.76. The van der Waals surface area contributed by atoms with Crippen molar-refractivity contribution in [2.75, 3.05) is 0 Å². The van der Waals surface area contributed by atoms with E-state index in [0.29, 0.717) is 17.0 Å². The summed E-state index contributed by atoms with van der Waals surface area (Å²) < 4.78 is 0. The van der Waals surface area contributed by atoms with E-state index in [2.05, 4.69) is 4.98 Å². The highest BCUT2D eigenvalue weighted by Gasteiger charge is 1.98. The number of rotatable bonds is 2. The van der Waals surface area contributed by atoms with Gasteiger partial charge in [0.1, 0.15) is 6.07 Å². The summed E-state index contributed by atoms with van der Waals surface area (Å²) in [5.41, 5.74) is 6.79.